The molecular weight excluding hydrogens is 272 g/mol. The number of nitrogens with zero attached hydrogens (tertiary/aromatic N) is 1. The molecule has 2 aromatic carbocycles. The Labute approximate surface area is 128 Å². The molecule has 0 saturated carbocycles. The number of carbonyl (C=O) groups is 1. The molecule has 1 aliphatic rings. The van der Waals surface area contributed by atoms with Crippen LogP contribution >= 0.6 is 0 Å². The molecule has 0 bridgehead atoms. The molecule has 0 saturated heterocycles. The summed E-state index contributed by atoms with van der Waals surface area (Å²) in [6.45, 7) is 1.42. The van der Waals surface area contributed by atoms with Gasteiger partial charge in [-0.05, 0) is 30.2 Å². The van der Waals surface area contributed by atoms with Gasteiger partial charge in [0.2, 0.25) is 0 Å². The number of allylic oxidation sites excluding steroid dienone is 1. The number of hydrogen-bond donors (Lipinski definition) is 1. The quantitative estimate of drug-likeness (QED) is 0.920. The van der Waals surface area contributed by atoms with Crippen LogP contribution in [-0.4, -0.2) is 5.78 Å². The van der Waals surface area contributed by atoms with E-state index in [2.05, 4.69) is 5.32 Å². The first-order valence-electron chi connectivity index (χ1n) is 6.99. The lowest BCUT2D eigenvalue weighted by Gasteiger charge is -2.13. The molecule has 0 spiro atoms. The summed E-state index contributed by atoms with van der Waals surface area (Å²) in [6.07, 6.45) is 3.94. The van der Waals surface area contributed by atoms with Crippen LogP contribution in [0.25, 0.3) is 17.2 Å². The molecule has 3 rings (SSSR count). The van der Waals surface area contributed by atoms with Gasteiger partial charge in [-0.25, -0.2) is 0 Å². The number of Topliss-reactive ketones (excluding diaryl/α,β-unsaturated/α-hetero) is 1. The zero-order valence-electron chi connectivity index (χ0n) is 12.1. The predicted octanol–water partition coefficient (Wildman–Crippen LogP) is 2.20. The highest BCUT2D eigenvalue weighted by Crippen LogP contribution is 2.18. The normalized spacial score (nSPS) is 13.7. The maximum atomic E-state index is 11.7. The lowest BCUT2D eigenvalue weighted by Crippen LogP contribution is -2.32. The predicted molar refractivity (Wildman–Crippen MR) is 87.9 cm³/mol. The maximum absolute atomic E-state index is 11.7. The minimum Gasteiger partial charge on any atom is -0.361 e. The van der Waals surface area contributed by atoms with Crippen LogP contribution < -0.4 is 15.8 Å². The van der Waals surface area contributed by atoms with Crippen molar-refractivity contribution in [3.8, 4) is 6.07 Å². The third-order valence-electron chi connectivity index (χ3n) is 3.63. The number of ketones is 1. The fourth-order valence-electron chi connectivity index (χ4n) is 2.54. The molecule has 0 aliphatic carbocycles. The molecule has 0 atom stereocenters. The second kappa shape index (κ2) is 5.71. The zero-order chi connectivity index (χ0) is 15.5. The van der Waals surface area contributed by atoms with Gasteiger partial charge in [0.05, 0.1) is 0 Å². The smallest absolute Gasteiger partial charge is 0.170 e. The highest BCUT2D eigenvalue weighted by atomic mass is 16.1. The van der Waals surface area contributed by atoms with Crippen molar-refractivity contribution < 1.29 is 4.79 Å². The highest BCUT2D eigenvalue weighted by molar-refractivity contribution is 6.18. The lowest BCUT2D eigenvalue weighted by molar-refractivity contribution is -0.111. The van der Waals surface area contributed by atoms with Crippen LogP contribution in [0.15, 0.2) is 54.7 Å². The van der Waals surface area contributed by atoms with Gasteiger partial charge in [-0.3, -0.25) is 4.79 Å². The lowest BCUT2D eigenvalue weighted by atomic mass is 10.00. The number of nitrogens with one attached hydrogen (secondary N) is 1. The van der Waals surface area contributed by atoms with Crippen LogP contribution in [0.4, 0.5) is 5.69 Å². The fraction of sp³-hybridized carbons (Fsp3) is 0.0526. The van der Waals surface area contributed by atoms with E-state index in [1.54, 1.807) is 0 Å². The van der Waals surface area contributed by atoms with Crippen LogP contribution in [-0.2, 0) is 4.79 Å². The van der Waals surface area contributed by atoms with E-state index in [0.717, 1.165) is 22.0 Å². The first-order valence-corrected chi connectivity index (χ1v) is 6.99. The van der Waals surface area contributed by atoms with Crippen molar-refractivity contribution in [3.63, 3.8) is 0 Å². The SMILES string of the molecule is CC(=O)C(C#N)=c1cccc2c1=CC(c1ccccc1)=CN2. The molecule has 22 heavy (non-hydrogen) atoms. The van der Waals surface area contributed by atoms with Crippen molar-refractivity contribution in [3.05, 3.63) is 70.7 Å². The van der Waals surface area contributed by atoms with Crippen LogP contribution in [0.5, 0.6) is 0 Å². The van der Waals surface area contributed by atoms with E-state index in [9.17, 15) is 10.1 Å². The third kappa shape index (κ3) is 2.43. The summed E-state index contributed by atoms with van der Waals surface area (Å²) < 4.78 is 0. The number of carbonyl (C=O) groups excluding carboxylic acids is 1. The molecule has 0 amide bonds. The van der Waals surface area contributed by atoms with E-state index in [-0.39, 0.29) is 11.4 Å². The molecular formula is C19H14N2O. The van der Waals surface area contributed by atoms with Gasteiger partial charge in [-0.15, -0.1) is 0 Å². The van der Waals surface area contributed by atoms with Gasteiger partial charge >= 0.3 is 0 Å². The van der Waals surface area contributed by atoms with E-state index in [0.29, 0.717) is 5.22 Å². The summed E-state index contributed by atoms with van der Waals surface area (Å²) in [6, 6.07) is 17.6. The second-order valence-corrected chi connectivity index (χ2v) is 5.06. The van der Waals surface area contributed by atoms with Crippen LogP contribution in [0.1, 0.15) is 12.5 Å². The molecule has 3 nitrogen and oxygen atoms in total. The summed E-state index contributed by atoms with van der Waals surface area (Å²) in [5.74, 6) is -0.222. The molecule has 1 aliphatic heterocycles. The van der Waals surface area contributed by atoms with E-state index >= 15 is 0 Å². The first kappa shape index (κ1) is 13.8. The summed E-state index contributed by atoms with van der Waals surface area (Å²) >= 11 is 0. The highest BCUT2D eigenvalue weighted by Gasteiger charge is 2.10. The molecule has 0 radical (unpaired) electrons. The molecule has 1 N–H and O–H groups in total. The number of nitriles is 1. The summed E-state index contributed by atoms with van der Waals surface area (Å²) in [5.41, 5.74) is 3.17. The van der Waals surface area contributed by atoms with E-state index in [4.69, 9.17) is 0 Å². The summed E-state index contributed by atoms with van der Waals surface area (Å²) in [7, 11) is 0. The molecule has 106 valence electrons. The first-order chi connectivity index (χ1) is 10.7. The number of hydrogen-bond acceptors (Lipinski definition) is 3. The average molecular weight is 286 g/mol. The Morgan fingerprint density at radius 2 is 1.86 bits per heavy atom. The van der Waals surface area contributed by atoms with Crippen molar-refractivity contribution in [1.29, 1.82) is 5.26 Å². The van der Waals surface area contributed by atoms with Gasteiger partial charge in [0, 0.05) is 22.3 Å². The molecule has 0 fully saturated rings. The molecule has 0 unspecified atom stereocenters. The number of fused-ring (bicyclic) bond motifs is 1. The number of anilines is 1. The van der Waals surface area contributed by atoms with Gasteiger partial charge in [-0.2, -0.15) is 5.26 Å². The van der Waals surface area contributed by atoms with Gasteiger partial charge < -0.3 is 5.32 Å². The molecule has 3 heteroatoms. The zero-order valence-corrected chi connectivity index (χ0v) is 12.1. The maximum Gasteiger partial charge on any atom is 0.170 e. The standard InChI is InChI=1S/C19H14N2O/c1-13(22)18(11-20)16-8-5-9-19-17(16)10-15(12-21-19)14-6-3-2-4-7-14/h2-10,12,21H,1H3. The Morgan fingerprint density at radius 3 is 2.55 bits per heavy atom. The topological polar surface area (TPSA) is 52.9 Å². The van der Waals surface area contributed by atoms with Gasteiger partial charge in [0.1, 0.15) is 11.6 Å². The summed E-state index contributed by atoms with van der Waals surface area (Å²) in [5, 5.41) is 14.1. The van der Waals surface area contributed by atoms with E-state index in [1.807, 2.05) is 66.9 Å². The van der Waals surface area contributed by atoms with Gasteiger partial charge in [0.25, 0.3) is 0 Å². The molecule has 2 aromatic rings. The van der Waals surface area contributed by atoms with Crippen molar-refractivity contribution in [1.82, 2.24) is 0 Å². The van der Waals surface area contributed by atoms with Crippen LogP contribution in [0, 0.1) is 11.3 Å². The molecule has 0 aromatic heterocycles. The van der Waals surface area contributed by atoms with Crippen LogP contribution in [0.2, 0.25) is 0 Å². The minimum atomic E-state index is -0.222. The average Bonchev–Trinajstić information content (AvgIpc) is 2.56. The Morgan fingerprint density at radius 1 is 1.09 bits per heavy atom. The van der Waals surface area contributed by atoms with Gasteiger partial charge in [-0.1, -0.05) is 42.5 Å². The second-order valence-electron chi connectivity index (χ2n) is 5.06. The fourth-order valence-corrected chi connectivity index (χ4v) is 2.54. The minimum absolute atomic E-state index is 0.184. The Kier molecular flexibility index (Phi) is 3.59. The Balaban J connectivity index is 2.30. The number of benzene rings is 2. The van der Waals surface area contributed by atoms with Crippen molar-refractivity contribution in [2.24, 2.45) is 0 Å². The summed E-state index contributed by atoms with van der Waals surface area (Å²) in [4.78, 5) is 11.7. The third-order valence-corrected chi connectivity index (χ3v) is 3.63. The Hall–Kier alpha value is -3.12. The molecule has 1 heterocycles. The van der Waals surface area contributed by atoms with E-state index < -0.39 is 0 Å². The largest absolute Gasteiger partial charge is 0.361 e. The van der Waals surface area contributed by atoms with Crippen molar-refractivity contribution in [2.75, 3.05) is 5.32 Å². The van der Waals surface area contributed by atoms with E-state index in [1.165, 1.54) is 6.92 Å². The Bertz CT molecular complexity index is 932. The van der Waals surface area contributed by atoms with Crippen molar-refractivity contribution >= 4 is 28.7 Å². The van der Waals surface area contributed by atoms with Gasteiger partial charge in [0.15, 0.2) is 5.78 Å². The van der Waals surface area contributed by atoms with Crippen molar-refractivity contribution in [2.45, 2.75) is 6.92 Å². The monoisotopic (exact) mass is 286 g/mol. The van der Waals surface area contributed by atoms with Crippen LogP contribution in [0.3, 0.4) is 0 Å². The number of rotatable bonds is 2.